The number of hydrogen-bond donors (Lipinski definition) is 0. The van der Waals surface area contributed by atoms with Gasteiger partial charge in [0, 0.05) is 18.5 Å². The molecule has 1 fully saturated rings. The summed E-state index contributed by atoms with van der Waals surface area (Å²) in [7, 11) is 0. The summed E-state index contributed by atoms with van der Waals surface area (Å²) in [4.78, 5) is 8.02. The second-order valence-electron chi connectivity index (χ2n) is 2.36. The molecule has 0 saturated carbocycles. The molecule has 4 heteroatoms. The molecule has 0 bridgehead atoms. The van der Waals surface area contributed by atoms with E-state index in [1.165, 1.54) is 12.2 Å². The van der Waals surface area contributed by atoms with Gasteiger partial charge in [0.1, 0.15) is 12.1 Å². The van der Waals surface area contributed by atoms with Gasteiger partial charge in [-0.25, -0.2) is 9.97 Å². The minimum atomic E-state index is 1.03. The minimum Gasteiger partial charge on any atom is -0.300 e. The van der Waals surface area contributed by atoms with E-state index in [1.54, 1.807) is 12.5 Å². The number of rotatable bonds is 1. The Kier molecular flexibility index (Phi) is 1.94. The topological polar surface area (TPSA) is 29.0 Å². The van der Waals surface area contributed by atoms with Gasteiger partial charge in [0.2, 0.25) is 0 Å². The average Bonchev–Trinajstić information content (AvgIpc) is 2.58. The van der Waals surface area contributed by atoms with Crippen LogP contribution in [0.5, 0.6) is 0 Å². The van der Waals surface area contributed by atoms with E-state index < -0.39 is 0 Å². The number of hydrogen-bond acceptors (Lipinski definition) is 4. The maximum absolute atomic E-state index is 4.15. The lowest BCUT2D eigenvalue weighted by atomic mass is 10.5. The molecule has 3 nitrogen and oxygen atoms in total. The molecule has 0 aromatic carbocycles. The predicted molar refractivity (Wildman–Crippen MR) is 46.5 cm³/mol. The van der Waals surface area contributed by atoms with Gasteiger partial charge in [-0.3, -0.25) is 0 Å². The quantitative estimate of drug-likeness (QED) is 0.590. The molecule has 0 atom stereocenters. The average molecular weight is 167 g/mol. The van der Waals surface area contributed by atoms with Gasteiger partial charge in [0.25, 0.3) is 0 Å². The van der Waals surface area contributed by atoms with E-state index in [4.69, 9.17) is 0 Å². The molecule has 0 aliphatic carbocycles. The van der Waals surface area contributed by atoms with Crippen LogP contribution in [0.3, 0.4) is 0 Å². The van der Waals surface area contributed by atoms with Crippen molar-refractivity contribution in [1.29, 1.82) is 0 Å². The van der Waals surface area contributed by atoms with Crippen molar-refractivity contribution >= 4 is 17.8 Å². The molecule has 0 unspecified atom stereocenters. The second kappa shape index (κ2) is 3.09. The highest BCUT2D eigenvalue weighted by atomic mass is 32.2. The van der Waals surface area contributed by atoms with Crippen molar-refractivity contribution in [3.05, 3.63) is 18.6 Å². The monoisotopic (exact) mass is 167 g/mol. The van der Waals surface area contributed by atoms with Gasteiger partial charge in [-0.05, 0) is 24.4 Å². The molecule has 2 rings (SSSR count). The molecule has 0 amide bonds. The molecule has 11 heavy (non-hydrogen) atoms. The number of anilines is 1. The van der Waals surface area contributed by atoms with Gasteiger partial charge in [0.05, 0.1) is 0 Å². The molecular formula is C7H9N3S. The van der Waals surface area contributed by atoms with Crippen LogP contribution in [0.25, 0.3) is 0 Å². The van der Waals surface area contributed by atoms with E-state index in [9.17, 15) is 0 Å². The fourth-order valence-electron chi connectivity index (χ4n) is 1.06. The summed E-state index contributed by atoms with van der Waals surface area (Å²) < 4.78 is 2.21. The fourth-order valence-corrected chi connectivity index (χ4v) is 2.04. The van der Waals surface area contributed by atoms with Crippen molar-refractivity contribution in [1.82, 2.24) is 9.97 Å². The van der Waals surface area contributed by atoms with Crippen LogP contribution in [0.4, 0.5) is 5.82 Å². The Hall–Kier alpha value is -0.770. The SMILES string of the molecule is c1cc(N2CCCS2)ncn1. The standard InChI is InChI=1S/C7H9N3S/c1-4-10(11-5-1)7-2-3-8-6-9-7/h2-3,6H,1,4-5H2. The Labute approximate surface area is 70.0 Å². The van der Waals surface area contributed by atoms with Crippen LogP contribution in [0.15, 0.2) is 18.6 Å². The van der Waals surface area contributed by atoms with E-state index in [-0.39, 0.29) is 0 Å². The molecule has 1 saturated heterocycles. The van der Waals surface area contributed by atoms with E-state index in [0.717, 1.165) is 12.4 Å². The van der Waals surface area contributed by atoms with Gasteiger partial charge >= 0.3 is 0 Å². The molecular weight excluding hydrogens is 158 g/mol. The van der Waals surface area contributed by atoms with Crippen LogP contribution in [-0.4, -0.2) is 22.3 Å². The Morgan fingerprint density at radius 3 is 3.18 bits per heavy atom. The van der Waals surface area contributed by atoms with Crippen molar-refractivity contribution in [3.63, 3.8) is 0 Å². The lowest BCUT2D eigenvalue weighted by molar-refractivity contribution is 0.966. The van der Waals surface area contributed by atoms with E-state index in [2.05, 4.69) is 14.3 Å². The summed E-state index contributed by atoms with van der Waals surface area (Å²) in [6.07, 6.45) is 4.63. The molecule has 1 aliphatic rings. The minimum absolute atomic E-state index is 1.03. The molecule has 0 N–H and O–H groups in total. The molecule has 1 aromatic heterocycles. The number of nitrogens with zero attached hydrogens (tertiary/aromatic N) is 3. The molecule has 58 valence electrons. The first-order valence-electron chi connectivity index (χ1n) is 3.63. The summed E-state index contributed by atoms with van der Waals surface area (Å²) in [5.41, 5.74) is 0. The third-order valence-electron chi connectivity index (χ3n) is 1.57. The van der Waals surface area contributed by atoms with Gasteiger partial charge in [-0.2, -0.15) is 0 Å². The maximum atomic E-state index is 4.15. The highest BCUT2D eigenvalue weighted by Gasteiger charge is 2.13. The normalized spacial score (nSPS) is 17.3. The lowest BCUT2D eigenvalue weighted by Crippen LogP contribution is -2.10. The van der Waals surface area contributed by atoms with Crippen molar-refractivity contribution in [3.8, 4) is 0 Å². The first-order chi connectivity index (χ1) is 5.47. The maximum Gasteiger partial charge on any atom is 0.141 e. The van der Waals surface area contributed by atoms with E-state index >= 15 is 0 Å². The first-order valence-corrected chi connectivity index (χ1v) is 4.57. The van der Waals surface area contributed by atoms with Crippen molar-refractivity contribution in [2.75, 3.05) is 16.6 Å². The van der Waals surface area contributed by atoms with E-state index in [0.29, 0.717) is 0 Å². The molecule has 1 aliphatic heterocycles. The predicted octanol–water partition coefficient (Wildman–Crippen LogP) is 1.33. The third kappa shape index (κ3) is 1.45. The zero-order valence-corrected chi connectivity index (χ0v) is 6.92. The smallest absolute Gasteiger partial charge is 0.141 e. The van der Waals surface area contributed by atoms with Crippen LogP contribution < -0.4 is 4.31 Å². The summed E-state index contributed by atoms with van der Waals surface area (Å²) >= 11 is 1.84. The van der Waals surface area contributed by atoms with Crippen molar-refractivity contribution < 1.29 is 0 Å². The van der Waals surface area contributed by atoms with Gasteiger partial charge in [-0.15, -0.1) is 0 Å². The summed E-state index contributed by atoms with van der Waals surface area (Å²) in [5.74, 6) is 2.24. The largest absolute Gasteiger partial charge is 0.300 e. The van der Waals surface area contributed by atoms with Gasteiger partial charge in [-0.1, -0.05) is 0 Å². The highest BCUT2D eigenvalue weighted by molar-refractivity contribution is 8.00. The van der Waals surface area contributed by atoms with Gasteiger partial charge < -0.3 is 4.31 Å². The summed E-state index contributed by atoms with van der Waals surface area (Å²) in [6.45, 7) is 1.11. The van der Waals surface area contributed by atoms with E-state index in [1.807, 2.05) is 18.0 Å². The third-order valence-corrected chi connectivity index (χ3v) is 2.73. The molecule has 0 spiro atoms. The zero-order valence-electron chi connectivity index (χ0n) is 6.10. The number of aromatic nitrogens is 2. The second-order valence-corrected chi connectivity index (χ2v) is 3.46. The van der Waals surface area contributed by atoms with Crippen LogP contribution in [-0.2, 0) is 0 Å². The van der Waals surface area contributed by atoms with Gasteiger partial charge in [0.15, 0.2) is 0 Å². The van der Waals surface area contributed by atoms with Crippen LogP contribution >= 0.6 is 11.9 Å². The lowest BCUT2D eigenvalue weighted by Gasteiger charge is -2.12. The molecule has 0 radical (unpaired) electrons. The molecule has 2 heterocycles. The fraction of sp³-hybridized carbons (Fsp3) is 0.429. The zero-order chi connectivity index (χ0) is 7.52. The summed E-state index contributed by atoms with van der Waals surface area (Å²) in [5, 5.41) is 0. The highest BCUT2D eigenvalue weighted by Crippen LogP contribution is 2.25. The Morgan fingerprint density at radius 1 is 1.55 bits per heavy atom. The van der Waals surface area contributed by atoms with Crippen molar-refractivity contribution in [2.24, 2.45) is 0 Å². The molecule has 1 aromatic rings. The summed E-state index contributed by atoms with van der Waals surface area (Å²) in [6, 6.07) is 1.94. The van der Waals surface area contributed by atoms with Crippen LogP contribution in [0.1, 0.15) is 6.42 Å². The first kappa shape index (κ1) is 6.91. The Morgan fingerprint density at radius 2 is 2.55 bits per heavy atom. The van der Waals surface area contributed by atoms with Crippen molar-refractivity contribution in [2.45, 2.75) is 6.42 Å². The Balaban J connectivity index is 2.16. The van der Waals surface area contributed by atoms with Crippen LogP contribution in [0, 0.1) is 0 Å². The Bertz CT molecular complexity index is 220. The van der Waals surface area contributed by atoms with Crippen LogP contribution in [0.2, 0.25) is 0 Å².